The number of halogens is 3. The molecule has 0 aliphatic rings. The summed E-state index contributed by atoms with van der Waals surface area (Å²) in [6, 6.07) is 11.3. The van der Waals surface area contributed by atoms with Gasteiger partial charge in [-0.05, 0) is 42.5 Å². The summed E-state index contributed by atoms with van der Waals surface area (Å²) in [5, 5.41) is 8.64. The monoisotopic (exact) mass is 460 g/mol. The van der Waals surface area contributed by atoms with Gasteiger partial charge < -0.3 is 0 Å². The van der Waals surface area contributed by atoms with E-state index in [1.54, 1.807) is 0 Å². The normalized spacial score (nSPS) is 12.7. The maximum atomic E-state index is 13.2. The lowest BCUT2D eigenvalue weighted by atomic mass is 10.1. The van der Waals surface area contributed by atoms with Crippen LogP contribution in [0, 0.1) is 0 Å². The molecule has 0 spiro atoms. The van der Waals surface area contributed by atoms with Crippen molar-refractivity contribution in [3.8, 4) is 16.9 Å². The molecule has 0 amide bonds. The van der Waals surface area contributed by atoms with E-state index in [-0.39, 0.29) is 22.0 Å². The highest BCUT2D eigenvalue weighted by Gasteiger charge is 2.35. The molecule has 0 unspecified atom stereocenters. The molecule has 1 aromatic heterocycles. The second-order valence-corrected chi connectivity index (χ2v) is 9.62. The minimum atomic E-state index is -4.71. The van der Waals surface area contributed by atoms with Crippen molar-refractivity contribution in [3.05, 3.63) is 60.3 Å². The van der Waals surface area contributed by atoms with Gasteiger partial charge in [-0.1, -0.05) is 12.1 Å². The van der Waals surface area contributed by atoms with Crippen LogP contribution < -0.4 is 9.86 Å². The molecule has 3 N–H and O–H groups in total. The average molecular weight is 460 g/mol. The number of alkyl halides is 3. The lowest BCUT2D eigenvalue weighted by Crippen LogP contribution is -2.12. The first-order valence-corrected chi connectivity index (χ1v) is 11.6. The Balaban J connectivity index is 2.09. The highest BCUT2D eigenvalue weighted by molar-refractivity contribution is 7.92. The first kappa shape index (κ1) is 21.8. The predicted octanol–water partition coefficient (Wildman–Crippen LogP) is 2.58. The Labute approximate surface area is 170 Å². The molecule has 0 bridgehead atoms. The molecule has 0 fully saturated rings. The fraction of sp³-hybridized carbons (Fsp3) is 0.118. The van der Waals surface area contributed by atoms with Gasteiger partial charge in [-0.25, -0.2) is 26.7 Å². The Morgan fingerprint density at radius 3 is 2.00 bits per heavy atom. The van der Waals surface area contributed by atoms with Crippen LogP contribution in [0.2, 0.25) is 0 Å². The van der Waals surface area contributed by atoms with E-state index in [0.29, 0.717) is 5.56 Å². The van der Waals surface area contributed by atoms with Crippen molar-refractivity contribution in [1.82, 2.24) is 9.78 Å². The highest BCUT2D eigenvalue weighted by Crippen LogP contribution is 2.33. The van der Waals surface area contributed by atoms with Crippen LogP contribution in [0.1, 0.15) is 5.69 Å². The summed E-state index contributed by atoms with van der Waals surface area (Å²) in [4.78, 5) is -0.202. The first-order chi connectivity index (χ1) is 13.7. The number of nitrogens with zero attached hydrogens (tertiary/aromatic N) is 2. The predicted molar refractivity (Wildman–Crippen MR) is 104 cm³/mol. The van der Waals surface area contributed by atoms with E-state index in [9.17, 15) is 30.0 Å². The summed E-state index contributed by atoms with van der Waals surface area (Å²) in [5.74, 6) is 0. The van der Waals surface area contributed by atoms with Gasteiger partial charge in [0, 0.05) is 11.3 Å². The molecule has 3 aromatic rings. The molecular formula is C17H15F3N4O4S2. The zero-order valence-corrected chi connectivity index (χ0v) is 16.9. The number of aromatic nitrogens is 2. The molecule has 1 heterocycles. The van der Waals surface area contributed by atoms with Crippen molar-refractivity contribution in [2.75, 3.05) is 11.0 Å². The largest absolute Gasteiger partial charge is 0.435 e. The van der Waals surface area contributed by atoms with E-state index >= 15 is 0 Å². The third-order valence-electron chi connectivity index (χ3n) is 3.89. The van der Waals surface area contributed by atoms with Crippen molar-refractivity contribution >= 4 is 25.7 Å². The quantitative estimate of drug-likeness (QED) is 0.606. The number of rotatable bonds is 5. The molecule has 0 radical (unpaired) electrons. The molecule has 0 aliphatic heterocycles. The van der Waals surface area contributed by atoms with Gasteiger partial charge in [-0.15, -0.1) is 0 Å². The molecule has 0 aliphatic carbocycles. The van der Waals surface area contributed by atoms with Gasteiger partial charge in [-0.3, -0.25) is 4.72 Å². The minimum absolute atomic E-state index is 0.0663. The smallest absolute Gasteiger partial charge is 0.284 e. The minimum Gasteiger partial charge on any atom is -0.284 e. The summed E-state index contributed by atoms with van der Waals surface area (Å²) < 4.78 is 88.4. The SMILES string of the molecule is CS(=O)(=O)Nc1ccc(-c2cc(C(F)(F)F)nn2-c2ccc(S(N)(=O)=O)cc2)cc1. The number of hydrogen-bond acceptors (Lipinski definition) is 5. The van der Waals surface area contributed by atoms with E-state index in [0.717, 1.165) is 29.1 Å². The van der Waals surface area contributed by atoms with Crippen molar-refractivity contribution < 1.29 is 30.0 Å². The van der Waals surface area contributed by atoms with Crippen molar-refractivity contribution in [2.24, 2.45) is 5.14 Å². The Hall–Kier alpha value is -2.90. The number of nitrogens with one attached hydrogen (secondary N) is 1. The number of primary sulfonamides is 1. The lowest BCUT2D eigenvalue weighted by Gasteiger charge is -2.09. The second kappa shape index (κ2) is 7.41. The van der Waals surface area contributed by atoms with Crippen LogP contribution in [0.5, 0.6) is 0 Å². The van der Waals surface area contributed by atoms with E-state index < -0.39 is 31.9 Å². The lowest BCUT2D eigenvalue weighted by molar-refractivity contribution is -0.141. The Kier molecular flexibility index (Phi) is 5.39. The van der Waals surface area contributed by atoms with E-state index in [4.69, 9.17) is 5.14 Å². The number of hydrogen-bond donors (Lipinski definition) is 2. The first-order valence-electron chi connectivity index (χ1n) is 8.13. The summed E-state index contributed by atoms with van der Waals surface area (Å²) in [7, 11) is -7.48. The topological polar surface area (TPSA) is 124 Å². The van der Waals surface area contributed by atoms with Crippen LogP contribution in [0.25, 0.3) is 16.9 Å². The van der Waals surface area contributed by atoms with Crippen molar-refractivity contribution in [2.45, 2.75) is 11.1 Å². The Bertz CT molecular complexity index is 1280. The molecule has 13 heteroatoms. The number of benzene rings is 2. The van der Waals surface area contributed by atoms with Crippen LogP contribution in [-0.4, -0.2) is 32.9 Å². The third kappa shape index (κ3) is 4.98. The molecule has 0 saturated carbocycles. The fourth-order valence-electron chi connectivity index (χ4n) is 2.62. The van der Waals surface area contributed by atoms with Crippen LogP contribution in [0.15, 0.2) is 59.5 Å². The van der Waals surface area contributed by atoms with Crippen LogP contribution in [0.4, 0.5) is 18.9 Å². The Morgan fingerprint density at radius 2 is 1.53 bits per heavy atom. The molecule has 30 heavy (non-hydrogen) atoms. The Morgan fingerprint density at radius 1 is 0.967 bits per heavy atom. The van der Waals surface area contributed by atoms with Gasteiger partial charge in [0.05, 0.1) is 22.5 Å². The van der Waals surface area contributed by atoms with E-state index in [1.165, 1.54) is 36.4 Å². The van der Waals surface area contributed by atoms with Gasteiger partial charge >= 0.3 is 6.18 Å². The van der Waals surface area contributed by atoms with Gasteiger partial charge in [0.15, 0.2) is 5.69 Å². The summed E-state index contributed by atoms with van der Waals surface area (Å²) in [6.45, 7) is 0. The van der Waals surface area contributed by atoms with Crippen molar-refractivity contribution in [1.29, 1.82) is 0 Å². The van der Waals surface area contributed by atoms with Gasteiger partial charge in [-0.2, -0.15) is 18.3 Å². The second-order valence-electron chi connectivity index (χ2n) is 6.31. The van der Waals surface area contributed by atoms with E-state index in [2.05, 4.69) is 9.82 Å². The molecule has 0 saturated heterocycles. The third-order valence-corrected chi connectivity index (χ3v) is 5.43. The van der Waals surface area contributed by atoms with Gasteiger partial charge in [0.1, 0.15) is 0 Å². The molecule has 2 aromatic carbocycles. The molecule has 3 rings (SSSR count). The molecular weight excluding hydrogens is 445 g/mol. The van der Waals surface area contributed by atoms with Crippen LogP contribution >= 0.6 is 0 Å². The number of sulfonamides is 2. The maximum absolute atomic E-state index is 13.2. The molecule has 0 atom stereocenters. The highest BCUT2D eigenvalue weighted by atomic mass is 32.2. The van der Waals surface area contributed by atoms with Crippen LogP contribution in [-0.2, 0) is 26.2 Å². The maximum Gasteiger partial charge on any atom is 0.435 e. The number of anilines is 1. The number of nitrogens with two attached hydrogens (primary N) is 1. The summed E-state index contributed by atoms with van der Waals surface area (Å²) >= 11 is 0. The summed E-state index contributed by atoms with van der Waals surface area (Å²) in [5.41, 5.74) is -0.345. The van der Waals surface area contributed by atoms with Crippen molar-refractivity contribution in [3.63, 3.8) is 0 Å². The fourth-order valence-corrected chi connectivity index (χ4v) is 3.70. The van der Waals surface area contributed by atoms with E-state index in [1.807, 2.05) is 0 Å². The van der Waals surface area contributed by atoms with Gasteiger partial charge in [0.25, 0.3) is 0 Å². The van der Waals surface area contributed by atoms with Gasteiger partial charge in [0.2, 0.25) is 20.0 Å². The zero-order valence-electron chi connectivity index (χ0n) is 15.3. The standard InChI is InChI=1S/C17H15F3N4O4S2/c1-29(25,26)23-12-4-2-11(3-5-12)15-10-16(17(18,19)20)22-24(15)13-6-8-14(9-7-13)30(21,27)28/h2-10,23H,1H3,(H2,21,27,28). The zero-order chi connectivity index (χ0) is 22.3. The average Bonchev–Trinajstić information content (AvgIpc) is 3.06. The molecule has 8 nitrogen and oxygen atoms in total. The molecule has 160 valence electrons. The van der Waals surface area contributed by atoms with Crippen LogP contribution in [0.3, 0.4) is 0 Å². The summed E-state index contributed by atoms with van der Waals surface area (Å²) in [6.07, 6.45) is -3.74.